The molecule has 9 nitrogen and oxygen atoms in total. The first-order chi connectivity index (χ1) is 20.1. The average Bonchev–Trinajstić information content (AvgIpc) is 3.52. The Bertz CT molecular complexity index is 1260. The summed E-state index contributed by atoms with van der Waals surface area (Å²) in [5.74, 6) is -0.516. The van der Waals surface area contributed by atoms with Gasteiger partial charge >= 0.3 is 0 Å². The molecule has 42 heavy (non-hydrogen) atoms. The van der Waals surface area contributed by atoms with E-state index in [0.717, 1.165) is 17.5 Å². The zero-order chi connectivity index (χ0) is 30.0. The minimum absolute atomic E-state index is 0.00457. The van der Waals surface area contributed by atoms with E-state index in [1.54, 1.807) is 23.8 Å². The molecule has 5 rings (SSSR count). The second-order valence-electron chi connectivity index (χ2n) is 12.5. The predicted octanol–water partition coefficient (Wildman–Crippen LogP) is 2.62. The largest absolute Gasteiger partial charge is 0.343 e. The van der Waals surface area contributed by atoms with E-state index in [2.05, 4.69) is 16.0 Å². The minimum atomic E-state index is -0.935. The van der Waals surface area contributed by atoms with Gasteiger partial charge in [0.1, 0.15) is 12.1 Å². The molecule has 9 heteroatoms. The Hall–Kier alpha value is -3.72. The van der Waals surface area contributed by atoms with E-state index < -0.39 is 23.7 Å². The standard InChI is InChI=1S/C33H43N5O4/c1-21(2)17-28(39)37-19-25-18-33(25)16-15-27(38(33)32(42)26(20-37)35-30(40)22(3)34-4)31(41)36-29(23-11-7-5-8-12-23)24-13-9-6-10-14-24/h5-14,21-22,25-27,29,34H,15-20H2,1-4H3,(H,35,40)(H,36,41)/t22-,25+,26-,27-,33?/m0/s1. The van der Waals surface area contributed by atoms with Crippen LogP contribution >= 0.6 is 0 Å². The molecule has 3 fully saturated rings. The minimum Gasteiger partial charge on any atom is -0.343 e. The second-order valence-corrected chi connectivity index (χ2v) is 12.5. The van der Waals surface area contributed by atoms with Crippen LogP contribution in [0.5, 0.6) is 0 Å². The third-order valence-corrected chi connectivity index (χ3v) is 9.15. The molecule has 3 aliphatic rings. The molecule has 1 spiro atoms. The third-order valence-electron chi connectivity index (χ3n) is 9.15. The Balaban J connectivity index is 1.43. The zero-order valence-corrected chi connectivity index (χ0v) is 25.0. The Labute approximate surface area is 248 Å². The first-order valence-electron chi connectivity index (χ1n) is 15.1. The molecule has 0 radical (unpaired) electrons. The highest BCUT2D eigenvalue weighted by atomic mass is 16.2. The molecular formula is C33H43N5O4. The molecule has 2 heterocycles. The number of benzene rings is 2. The summed E-state index contributed by atoms with van der Waals surface area (Å²) in [4.78, 5) is 58.2. The quantitative estimate of drug-likeness (QED) is 0.427. The molecule has 224 valence electrons. The molecule has 5 atom stereocenters. The molecule has 2 aromatic carbocycles. The average molecular weight is 574 g/mol. The van der Waals surface area contributed by atoms with Crippen molar-refractivity contribution in [2.75, 3.05) is 20.1 Å². The fourth-order valence-corrected chi connectivity index (χ4v) is 6.68. The number of carbonyl (C=O) groups is 4. The lowest BCUT2D eigenvalue weighted by atomic mass is 9.98. The highest BCUT2D eigenvalue weighted by Gasteiger charge is 2.67. The van der Waals surface area contributed by atoms with Crippen LogP contribution in [0.2, 0.25) is 0 Å². The summed E-state index contributed by atoms with van der Waals surface area (Å²) in [6.45, 7) is 6.34. The lowest BCUT2D eigenvalue weighted by molar-refractivity contribution is -0.148. The van der Waals surface area contributed by atoms with E-state index in [4.69, 9.17) is 0 Å². The van der Waals surface area contributed by atoms with Crippen LogP contribution in [0.3, 0.4) is 0 Å². The maximum Gasteiger partial charge on any atom is 0.248 e. The maximum atomic E-state index is 14.4. The number of rotatable bonds is 9. The molecule has 0 aromatic heterocycles. The van der Waals surface area contributed by atoms with Crippen LogP contribution in [0, 0.1) is 11.8 Å². The van der Waals surface area contributed by atoms with Gasteiger partial charge in [-0.2, -0.15) is 0 Å². The number of carbonyl (C=O) groups excluding carboxylic acids is 4. The number of nitrogens with zero attached hydrogens (tertiary/aromatic N) is 2. The first-order valence-corrected chi connectivity index (χ1v) is 15.1. The predicted molar refractivity (Wildman–Crippen MR) is 160 cm³/mol. The van der Waals surface area contributed by atoms with Gasteiger partial charge in [-0.05, 0) is 50.3 Å². The van der Waals surface area contributed by atoms with Crippen LogP contribution in [-0.4, -0.2) is 77.2 Å². The van der Waals surface area contributed by atoms with Gasteiger partial charge in [-0.1, -0.05) is 74.5 Å². The Morgan fingerprint density at radius 2 is 1.57 bits per heavy atom. The zero-order valence-electron chi connectivity index (χ0n) is 25.0. The normalized spacial score (nSPS) is 25.8. The molecule has 2 aliphatic heterocycles. The van der Waals surface area contributed by atoms with E-state index in [1.807, 2.05) is 74.5 Å². The van der Waals surface area contributed by atoms with Gasteiger partial charge in [-0.15, -0.1) is 0 Å². The monoisotopic (exact) mass is 573 g/mol. The van der Waals surface area contributed by atoms with E-state index in [0.29, 0.717) is 25.8 Å². The van der Waals surface area contributed by atoms with E-state index in [1.165, 1.54) is 0 Å². The van der Waals surface area contributed by atoms with E-state index in [9.17, 15) is 19.2 Å². The van der Waals surface area contributed by atoms with Crippen molar-refractivity contribution in [3.8, 4) is 0 Å². The fourth-order valence-electron chi connectivity index (χ4n) is 6.68. The number of likely N-dealkylation sites (N-methyl/N-ethyl adjacent to an activating group) is 1. The SMILES string of the molecule is CN[C@@H](C)C(=O)N[C@H]1CN(C(=O)CC(C)C)C[C@H]2CC23CC[C@@H](C(=O)NC(c2ccccc2)c2ccccc2)N3C1=O. The van der Waals surface area contributed by atoms with Gasteiger partial charge in [0.2, 0.25) is 23.6 Å². The summed E-state index contributed by atoms with van der Waals surface area (Å²) >= 11 is 0. The number of nitrogens with one attached hydrogen (secondary N) is 3. The van der Waals surface area contributed by atoms with Gasteiger partial charge in [0.05, 0.1) is 12.1 Å². The molecule has 0 bridgehead atoms. The molecule has 1 unspecified atom stereocenters. The third kappa shape index (κ3) is 5.93. The molecule has 1 saturated carbocycles. The van der Waals surface area contributed by atoms with Crippen LogP contribution in [0.1, 0.15) is 63.6 Å². The van der Waals surface area contributed by atoms with E-state index >= 15 is 0 Å². The lowest BCUT2D eigenvalue weighted by Gasteiger charge is -2.39. The number of hydrogen-bond acceptors (Lipinski definition) is 5. The van der Waals surface area contributed by atoms with Crippen molar-refractivity contribution in [2.45, 2.75) is 76.2 Å². The van der Waals surface area contributed by atoms with Crippen LogP contribution in [0.4, 0.5) is 0 Å². The van der Waals surface area contributed by atoms with E-state index in [-0.39, 0.29) is 48.1 Å². The number of amides is 4. The molecule has 2 saturated heterocycles. The topological polar surface area (TPSA) is 111 Å². The van der Waals surface area contributed by atoms with Gasteiger partial charge in [0.15, 0.2) is 0 Å². The summed E-state index contributed by atoms with van der Waals surface area (Å²) in [6, 6.07) is 17.2. The van der Waals surface area contributed by atoms with Crippen molar-refractivity contribution in [3.05, 3.63) is 71.8 Å². The summed E-state index contributed by atoms with van der Waals surface area (Å²) in [5.41, 5.74) is 1.44. The van der Waals surface area contributed by atoms with Crippen molar-refractivity contribution in [3.63, 3.8) is 0 Å². The summed E-state index contributed by atoms with van der Waals surface area (Å²) < 4.78 is 0. The maximum absolute atomic E-state index is 14.4. The first kappa shape index (κ1) is 29.8. The fraction of sp³-hybridized carbons (Fsp3) is 0.515. The van der Waals surface area contributed by atoms with Gasteiger partial charge in [-0.3, -0.25) is 19.2 Å². The Morgan fingerprint density at radius 1 is 0.952 bits per heavy atom. The van der Waals surface area contributed by atoms with Crippen molar-refractivity contribution < 1.29 is 19.2 Å². The van der Waals surface area contributed by atoms with Crippen LogP contribution in [0.25, 0.3) is 0 Å². The van der Waals surface area contributed by atoms with Crippen LogP contribution < -0.4 is 16.0 Å². The second kappa shape index (κ2) is 12.3. The number of hydrogen-bond donors (Lipinski definition) is 3. The smallest absolute Gasteiger partial charge is 0.248 e. The highest BCUT2D eigenvalue weighted by Crippen LogP contribution is 2.58. The van der Waals surface area contributed by atoms with Gasteiger partial charge < -0.3 is 25.8 Å². The van der Waals surface area contributed by atoms with Crippen LogP contribution in [0.15, 0.2) is 60.7 Å². The summed E-state index contributed by atoms with van der Waals surface area (Å²) in [6.07, 6.45) is 2.37. The van der Waals surface area contributed by atoms with Gasteiger partial charge in [0, 0.05) is 31.0 Å². The van der Waals surface area contributed by atoms with Crippen molar-refractivity contribution in [1.82, 2.24) is 25.8 Å². The highest BCUT2D eigenvalue weighted by molar-refractivity contribution is 5.95. The molecule has 1 aliphatic carbocycles. The van der Waals surface area contributed by atoms with Gasteiger partial charge in [0.25, 0.3) is 0 Å². The van der Waals surface area contributed by atoms with Gasteiger partial charge in [-0.25, -0.2) is 0 Å². The molecule has 2 aromatic rings. The summed E-state index contributed by atoms with van der Waals surface area (Å²) in [5, 5.41) is 9.08. The van der Waals surface area contributed by atoms with Crippen molar-refractivity contribution >= 4 is 23.6 Å². The van der Waals surface area contributed by atoms with Crippen molar-refractivity contribution in [2.24, 2.45) is 11.8 Å². The Morgan fingerprint density at radius 3 is 2.14 bits per heavy atom. The summed E-state index contributed by atoms with van der Waals surface area (Å²) in [7, 11) is 1.68. The molecule has 3 N–H and O–H groups in total. The molecule has 4 amide bonds. The lowest BCUT2D eigenvalue weighted by Crippen LogP contribution is -2.63. The molecular weight excluding hydrogens is 530 g/mol. The van der Waals surface area contributed by atoms with Crippen LogP contribution in [-0.2, 0) is 19.2 Å². The Kier molecular flexibility index (Phi) is 8.68. The van der Waals surface area contributed by atoms with Crippen molar-refractivity contribution in [1.29, 1.82) is 0 Å².